The third kappa shape index (κ3) is 4.16. The van der Waals surface area contributed by atoms with Crippen LogP contribution >= 0.6 is 0 Å². The van der Waals surface area contributed by atoms with Gasteiger partial charge in [-0.1, -0.05) is 0 Å². The maximum Gasteiger partial charge on any atom is 0.317 e. The molecule has 0 radical (unpaired) electrons. The van der Waals surface area contributed by atoms with Crippen LogP contribution in [0.3, 0.4) is 0 Å². The molecule has 16 heavy (non-hydrogen) atoms. The maximum absolute atomic E-state index is 11.6. The van der Waals surface area contributed by atoms with Gasteiger partial charge in [0.15, 0.2) is 0 Å². The van der Waals surface area contributed by atoms with E-state index in [-0.39, 0.29) is 19.1 Å². The molecule has 0 spiro atoms. The first-order chi connectivity index (χ1) is 7.63. The SMILES string of the molecule is CCOCC(=O)N1CCN(CC(=O)O)CC1. The topological polar surface area (TPSA) is 70.1 Å². The molecule has 0 aromatic heterocycles. The monoisotopic (exact) mass is 230 g/mol. The van der Waals surface area contributed by atoms with E-state index in [0.717, 1.165) is 0 Å². The van der Waals surface area contributed by atoms with Crippen LogP contribution in [0, 0.1) is 0 Å². The van der Waals surface area contributed by atoms with E-state index in [0.29, 0.717) is 32.8 Å². The highest BCUT2D eigenvalue weighted by molar-refractivity contribution is 5.77. The summed E-state index contributed by atoms with van der Waals surface area (Å²) in [6.07, 6.45) is 0. The average Bonchev–Trinajstić information content (AvgIpc) is 2.26. The molecule has 1 heterocycles. The number of aliphatic carboxylic acids is 1. The molecule has 92 valence electrons. The van der Waals surface area contributed by atoms with Crippen molar-refractivity contribution in [3.8, 4) is 0 Å². The number of carboxylic acids is 1. The summed E-state index contributed by atoms with van der Waals surface area (Å²) in [7, 11) is 0. The first-order valence-corrected chi connectivity index (χ1v) is 5.43. The predicted octanol–water partition coefficient (Wildman–Crippen LogP) is -0.748. The zero-order chi connectivity index (χ0) is 12.0. The van der Waals surface area contributed by atoms with Gasteiger partial charge in [-0.3, -0.25) is 14.5 Å². The summed E-state index contributed by atoms with van der Waals surface area (Å²) in [5, 5.41) is 8.61. The average molecular weight is 230 g/mol. The van der Waals surface area contributed by atoms with Gasteiger partial charge in [0, 0.05) is 32.8 Å². The molecular formula is C10H18N2O4. The Morgan fingerprint density at radius 1 is 1.25 bits per heavy atom. The van der Waals surface area contributed by atoms with Crippen LogP contribution < -0.4 is 0 Å². The van der Waals surface area contributed by atoms with Gasteiger partial charge in [0.25, 0.3) is 0 Å². The van der Waals surface area contributed by atoms with Gasteiger partial charge < -0.3 is 14.7 Å². The molecule has 6 heteroatoms. The molecule has 0 aromatic carbocycles. The van der Waals surface area contributed by atoms with Gasteiger partial charge >= 0.3 is 5.97 Å². The lowest BCUT2D eigenvalue weighted by Gasteiger charge is -2.33. The van der Waals surface area contributed by atoms with Gasteiger partial charge in [-0.25, -0.2) is 0 Å². The minimum atomic E-state index is -0.825. The summed E-state index contributed by atoms with van der Waals surface area (Å²) in [5.41, 5.74) is 0. The van der Waals surface area contributed by atoms with Crippen molar-refractivity contribution in [3.05, 3.63) is 0 Å². The van der Waals surface area contributed by atoms with E-state index in [9.17, 15) is 9.59 Å². The maximum atomic E-state index is 11.6. The number of rotatable bonds is 5. The Morgan fingerprint density at radius 2 is 1.88 bits per heavy atom. The number of carboxylic acid groups (broad SMARTS) is 1. The molecule has 1 aliphatic heterocycles. The van der Waals surface area contributed by atoms with Gasteiger partial charge in [-0.2, -0.15) is 0 Å². The van der Waals surface area contributed by atoms with Crippen LogP contribution in [-0.4, -0.2) is 72.7 Å². The first kappa shape index (κ1) is 12.9. The van der Waals surface area contributed by atoms with Gasteiger partial charge in [0.2, 0.25) is 5.91 Å². The van der Waals surface area contributed by atoms with E-state index in [1.807, 2.05) is 11.8 Å². The van der Waals surface area contributed by atoms with Crippen LogP contribution in [0.2, 0.25) is 0 Å². The molecule has 0 aliphatic carbocycles. The summed E-state index contributed by atoms with van der Waals surface area (Å²) in [4.78, 5) is 25.6. The number of ether oxygens (including phenoxy) is 1. The molecule has 1 fully saturated rings. The Kier molecular flexibility index (Phi) is 5.21. The Morgan fingerprint density at radius 3 is 2.38 bits per heavy atom. The lowest BCUT2D eigenvalue weighted by molar-refractivity contribution is -0.140. The Labute approximate surface area is 94.8 Å². The molecule has 0 unspecified atom stereocenters. The number of piperazine rings is 1. The van der Waals surface area contributed by atoms with E-state index in [2.05, 4.69) is 0 Å². The van der Waals surface area contributed by atoms with E-state index < -0.39 is 5.97 Å². The highest BCUT2D eigenvalue weighted by Gasteiger charge is 2.21. The largest absolute Gasteiger partial charge is 0.480 e. The number of nitrogens with zero attached hydrogens (tertiary/aromatic N) is 2. The normalized spacial score (nSPS) is 17.4. The minimum absolute atomic E-state index is 0.0168. The molecule has 0 atom stereocenters. The highest BCUT2D eigenvalue weighted by atomic mass is 16.5. The van der Waals surface area contributed by atoms with E-state index in [1.165, 1.54) is 0 Å². The second kappa shape index (κ2) is 6.44. The van der Waals surface area contributed by atoms with E-state index in [1.54, 1.807) is 4.90 Å². The van der Waals surface area contributed by atoms with Crippen LogP contribution in [0.1, 0.15) is 6.92 Å². The second-order valence-corrected chi connectivity index (χ2v) is 3.69. The summed E-state index contributed by atoms with van der Waals surface area (Å²) in [5.74, 6) is -0.842. The van der Waals surface area contributed by atoms with Crippen molar-refractivity contribution in [3.63, 3.8) is 0 Å². The van der Waals surface area contributed by atoms with Crippen LogP contribution in [0.5, 0.6) is 0 Å². The van der Waals surface area contributed by atoms with Crippen LogP contribution in [0.4, 0.5) is 0 Å². The fourth-order valence-corrected chi connectivity index (χ4v) is 1.63. The zero-order valence-corrected chi connectivity index (χ0v) is 9.52. The fraction of sp³-hybridized carbons (Fsp3) is 0.800. The molecular weight excluding hydrogens is 212 g/mol. The Balaban J connectivity index is 2.25. The highest BCUT2D eigenvalue weighted by Crippen LogP contribution is 2.02. The van der Waals surface area contributed by atoms with Gasteiger partial charge in [0.05, 0.1) is 6.54 Å². The standard InChI is InChI=1S/C10H18N2O4/c1-2-16-8-9(13)12-5-3-11(4-6-12)7-10(14)15/h2-8H2,1H3,(H,14,15). The number of amides is 1. The molecule has 1 amide bonds. The number of carbonyl (C=O) groups excluding carboxylic acids is 1. The smallest absolute Gasteiger partial charge is 0.317 e. The van der Waals surface area contributed by atoms with Gasteiger partial charge in [-0.05, 0) is 6.92 Å². The van der Waals surface area contributed by atoms with E-state index >= 15 is 0 Å². The van der Waals surface area contributed by atoms with Gasteiger partial charge in [0.1, 0.15) is 6.61 Å². The zero-order valence-electron chi connectivity index (χ0n) is 9.52. The minimum Gasteiger partial charge on any atom is -0.480 e. The van der Waals surface area contributed by atoms with Crippen molar-refractivity contribution in [2.24, 2.45) is 0 Å². The molecule has 0 saturated carbocycles. The van der Waals surface area contributed by atoms with Crippen LogP contribution in [0.25, 0.3) is 0 Å². The molecule has 6 nitrogen and oxygen atoms in total. The second-order valence-electron chi connectivity index (χ2n) is 3.69. The Bertz CT molecular complexity index is 249. The quantitative estimate of drug-likeness (QED) is 0.673. The van der Waals surface area contributed by atoms with Crippen molar-refractivity contribution >= 4 is 11.9 Å². The van der Waals surface area contributed by atoms with Crippen molar-refractivity contribution in [2.45, 2.75) is 6.92 Å². The number of hydrogen-bond acceptors (Lipinski definition) is 4. The van der Waals surface area contributed by atoms with Crippen molar-refractivity contribution in [1.29, 1.82) is 0 Å². The van der Waals surface area contributed by atoms with Crippen LogP contribution in [-0.2, 0) is 14.3 Å². The van der Waals surface area contributed by atoms with Crippen LogP contribution in [0.15, 0.2) is 0 Å². The van der Waals surface area contributed by atoms with Crippen molar-refractivity contribution in [1.82, 2.24) is 9.80 Å². The molecule has 1 N–H and O–H groups in total. The third-order valence-electron chi connectivity index (χ3n) is 2.51. The van der Waals surface area contributed by atoms with E-state index in [4.69, 9.17) is 9.84 Å². The van der Waals surface area contributed by atoms with Crippen molar-refractivity contribution in [2.75, 3.05) is 45.9 Å². The lowest BCUT2D eigenvalue weighted by atomic mass is 10.3. The van der Waals surface area contributed by atoms with Gasteiger partial charge in [-0.15, -0.1) is 0 Å². The Hall–Kier alpha value is -1.14. The number of carbonyl (C=O) groups is 2. The summed E-state index contributed by atoms with van der Waals surface area (Å²) in [6.45, 7) is 4.94. The third-order valence-corrected chi connectivity index (χ3v) is 2.51. The predicted molar refractivity (Wildman–Crippen MR) is 57.1 cm³/mol. The summed E-state index contributed by atoms with van der Waals surface area (Å²) >= 11 is 0. The molecule has 0 bridgehead atoms. The molecule has 1 rings (SSSR count). The lowest BCUT2D eigenvalue weighted by Crippen LogP contribution is -2.50. The van der Waals surface area contributed by atoms with Crippen molar-refractivity contribution < 1.29 is 19.4 Å². The molecule has 1 saturated heterocycles. The number of hydrogen-bond donors (Lipinski definition) is 1. The molecule has 1 aliphatic rings. The summed E-state index contributed by atoms with van der Waals surface area (Å²) < 4.78 is 5.04. The summed E-state index contributed by atoms with van der Waals surface area (Å²) in [6, 6.07) is 0. The molecule has 0 aromatic rings. The first-order valence-electron chi connectivity index (χ1n) is 5.43. The fourth-order valence-electron chi connectivity index (χ4n) is 1.63.